The maximum absolute atomic E-state index is 9.26. The first-order valence-electron chi connectivity index (χ1n) is 4.84. The second-order valence-corrected chi connectivity index (χ2v) is 3.86. The number of nitrogens with zero attached hydrogens (tertiary/aromatic N) is 1. The average Bonchev–Trinajstić information content (AvgIpc) is 2.90. The van der Waals surface area contributed by atoms with Crippen molar-refractivity contribution in [3.8, 4) is 0 Å². The van der Waals surface area contributed by atoms with E-state index in [0.717, 1.165) is 5.69 Å². The summed E-state index contributed by atoms with van der Waals surface area (Å²) in [7, 11) is 0. The van der Waals surface area contributed by atoms with Crippen molar-refractivity contribution in [3.63, 3.8) is 0 Å². The summed E-state index contributed by atoms with van der Waals surface area (Å²) in [5.41, 5.74) is 2.29. The molecule has 0 amide bonds. The zero-order valence-corrected chi connectivity index (χ0v) is 7.90. The van der Waals surface area contributed by atoms with Gasteiger partial charge in [0.25, 0.3) is 0 Å². The van der Waals surface area contributed by atoms with Crippen LogP contribution in [-0.2, 0) is 0 Å². The normalized spacial score (nSPS) is 18.6. The molecule has 1 aliphatic carbocycles. The van der Waals surface area contributed by atoms with E-state index in [9.17, 15) is 5.11 Å². The summed E-state index contributed by atoms with van der Waals surface area (Å²) in [6, 6.07) is 4.10. The van der Waals surface area contributed by atoms with Crippen LogP contribution in [0.1, 0.15) is 30.0 Å². The first-order valence-corrected chi connectivity index (χ1v) is 4.84. The molecule has 0 saturated heterocycles. The maximum Gasteiger partial charge on any atom is 0.0502 e. The number of hydrogen-bond acceptors (Lipinski definition) is 2. The van der Waals surface area contributed by atoms with Gasteiger partial charge in [-0.25, -0.2) is 0 Å². The molecule has 1 aromatic rings. The summed E-state index contributed by atoms with van der Waals surface area (Å²) in [4.78, 5) is 4.15. The topological polar surface area (TPSA) is 33.1 Å². The first kappa shape index (κ1) is 8.70. The molecular weight excluding hydrogens is 162 g/mol. The fourth-order valence-electron chi connectivity index (χ4n) is 1.82. The van der Waals surface area contributed by atoms with Gasteiger partial charge in [0.1, 0.15) is 0 Å². The van der Waals surface area contributed by atoms with Crippen LogP contribution in [-0.4, -0.2) is 16.7 Å². The van der Waals surface area contributed by atoms with Crippen LogP contribution < -0.4 is 0 Å². The molecule has 1 saturated carbocycles. The molecular formula is C11H15NO. The lowest BCUT2D eigenvalue weighted by molar-refractivity contribution is 0.253. The van der Waals surface area contributed by atoms with E-state index in [-0.39, 0.29) is 6.61 Å². The van der Waals surface area contributed by atoms with Gasteiger partial charge >= 0.3 is 0 Å². The molecule has 2 rings (SSSR count). The Kier molecular flexibility index (Phi) is 2.32. The highest BCUT2D eigenvalue weighted by Crippen LogP contribution is 2.42. The molecule has 1 aromatic heterocycles. The third kappa shape index (κ3) is 1.89. The molecule has 2 heteroatoms. The zero-order chi connectivity index (χ0) is 9.26. The van der Waals surface area contributed by atoms with E-state index < -0.39 is 0 Å². The number of aliphatic hydroxyl groups excluding tert-OH is 1. The fraction of sp³-hybridized carbons (Fsp3) is 0.545. The van der Waals surface area contributed by atoms with E-state index >= 15 is 0 Å². The van der Waals surface area contributed by atoms with Crippen LogP contribution in [0.2, 0.25) is 0 Å². The van der Waals surface area contributed by atoms with Crippen molar-refractivity contribution in [1.29, 1.82) is 0 Å². The van der Waals surface area contributed by atoms with Crippen LogP contribution in [0.3, 0.4) is 0 Å². The van der Waals surface area contributed by atoms with Gasteiger partial charge in [-0.15, -0.1) is 0 Å². The highest BCUT2D eigenvalue weighted by molar-refractivity contribution is 5.22. The maximum atomic E-state index is 9.26. The predicted octanol–water partition coefficient (Wildman–Crippen LogP) is 1.88. The van der Waals surface area contributed by atoms with E-state index in [2.05, 4.69) is 11.1 Å². The standard InChI is InChI=1S/C11H15NO/c1-8-6-10(4-5-12-8)11(7-13)9-2-3-9/h4-6,9,11,13H,2-3,7H2,1H3. The fourth-order valence-corrected chi connectivity index (χ4v) is 1.82. The Labute approximate surface area is 78.6 Å². The zero-order valence-electron chi connectivity index (χ0n) is 7.90. The van der Waals surface area contributed by atoms with Crippen molar-refractivity contribution in [2.24, 2.45) is 5.92 Å². The van der Waals surface area contributed by atoms with Gasteiger partial charge in [0.05, 0.1) is 6.61 Å². The van der Waals surface area contributed by atoms with Crippen molar-refractivity contribution >= 4 is 0 Å². The summed E-state index contributed by atoms with van der Waals surface area (Å²) < 4.78 is 0. The molecule has 1 unspecified atom stereocenters. The highest BCUT2D eigenvalue weighted by Gasteiger charge is 2.31. The first-order chi connectivity index (χ1) is 6.31. The third-order valence-corrected chi connectivity index (χ3v) is 2.74. The Morgan fingerprint density at radius 2 is 2.38 bits per heavy atom. The summed E-state index contributed by atoms with van der Waals surface area (Å²) in [6.07, 6.45) is 4.37. The van der Waals surface area contributed by atoms with Gasteiger partial charge in [0, 0.05) is 17.8 Å². The van der Waals surface area contributed by atoms with E-state index in [1.165, 1.54) is 18.4 Å². The number of aryl methyl sites for hydroxylation is 1. The van der Waals surface area contributed by atoms with Gasteiger partial charge in [0.2, 0.25) is 0 Å². The molecule has 2 nitrogen and oxygen atoms in total. The summed E-state index contributed by atoms with van der Waals surface area (Å²) in [5, 5.41) is 9.26. The van der Waals surface area contributed by atoms with E-state index in [1.54, 1.807) is 0 Å². The quantitative estimate of drug-likeness (QED) is 0.764. The predicted molar refractivity (Wildman–Crippen MR) is 51.5 cm³/mol. The minimum absolute atomic E-state index is 0.272. The van der Waals surface area contributed by atoms with E-state index in [0.29, 0.717) is 11.8 Å². The van der Waals surface area contributed by atoms with Gasteiger partial charge < -0.3 is 5.11 Å². The summed E-state index contributed by atoms with van der Waals surface area (Å²) in [6.45, 7) is 2.26. The Morgan fingerprint density at radius 3 is 2.92 bits per heavy atom. The number of rotatable bonds is 3. The lowest BCUT2D eigenvalue weighted by Crippen LogP contribution is -2.06. The Balaban J connectivity index is 2.21. The molecule has 1 aliphatic rings. The van der Waals surface area contributed by atoms with Crippen molar-refractivity contribution in [3.05, 3.63) is 29.6 Å². The second kappa shape index (κ2) is 3.46. The van der Waals surface area contributed by atoms with Gasteiger partial charge in [-0.3, -0.25) is 4.98 Å². The lowest BCUT2D eigenvalue weighted by Gasteiger charge is -2.13. The smallest absolute Gasteiger partial charge is 0.0502 e. The van der Waals surface area contributed by atoms with Crippen LogP contribution >= 0.6 is 0 Å². The van der Waals surface area contributed by atoms with Crippen LogP contribution in [0.15, 0.2) is 18.3 Å². The highest BCUT2D eigenvalue weighted by atomic mass is 16.3. The minimum Gasteiger partial charge on any atom is -0.396 e. The molecule has 0 aliphatic heterocycles. The minimum atomic E-state index is 0.272. The summed E-state index contributed by atoms with van der Waals surface area (Å²) >= 11 is 0. The molecule has 1 atom stereocenters. The molecule has 13 heavy (non-hydrogen) atoms. The van der Waals surface area contributed by atoms with Gasteiger partial charge in [-0.2, -0.15) is 0 Å². The monoisotopic (exact) mass is 177 g/mol. The second-order valence-electron chi connectivity index (χ2n) is 3.86. The molecule has 0 aromatic carbocycles. The van der Waals surface area contributed by atoms with Crippen LogP contribution in [0.4, 0.5) is 0 Å². The third-order valence-electron chi connectivity index (χ3n) is 2.74. The van der Waals surface area contributed by atoms with Crippen LogP contribution in [0.25, 0.3) is 0 Å². The van der Waals surface area contributed by atoms with Crippen molar-refractivity contribution < 1.29 is 5.11 Å². The molecule has 0 bridgehead atoms. The molecule has 1 N–H and O–H groups in total. The Bertz CT molecular complexity index is 294. The van der Waals surface area contributed by atoms with Gasteiger partial charge in [0.15, 0.2) is 0 Å². The van der Waals surface area contributed by atoms with Crippen LogP contribution in [0, 0.1) is 12.8 Å². The Morgan fingerprint density at radius 1 is 1.62 bits per heavy atom. The largest absolute Gasteiger partial charge is 0.396 e. The lowest BCUT2D eigenvalue weighted by atomic mass is 9.95. The molecule has 0 spiro atoms. The molecule has 1 heterocycles. The van der Waals surface area contributed by atoms with Crippen LogP contribution in [0.5, 0.6) is 0 Å². The number of hydrogen-bond donors (Lipinski definition) is 1. The average molecular weight is 177 g/mol. The number of aromatic nitrogens is 1. The number of aliphatic hydroxyl groups is 1. The summed E-state index contributed by atoms with van der Waals surface area (Å²) in [5.74, 6) is 1.06. The van der Waals surface area contributed by atoms with Gasteiger partial charge in [-0.05, 0) is 43.4 Å². The molecule has 70 valence electrons. The number of pyridine rings is 1. The molecule has 0 radical (unpaired) electrons. The van der Waals surface area contributed by atoms with Crippen molar-refractivity contribution in [2.45, 2.75) is 25.7 Å². The van der Waals surface area contributed by atoms with E-state index in [1.807, 2.05) is 19.2 Å². The SMILES string of the molecule is Cc1cc(C(CO)C2CC2)ccn1. The Hall–Kier alpha value is -0.890. The van der Waals surface area contributed by atoms with Crippen molar-refractivity contribution in [2.75, 3.05) is 6.61 Å². The van der Waals surface area contributed by atoms with Gasteiger partial charge in [-0.1, -0.05) is 0 Å². The molecule has 1 fully saturated rings. The van der Waals surface area contributed by atoms with E-state index in [4.69, 9.17) is 0 Å². The van der Waals surface area contributed by atoms with Crippen molar-refractivity contribution in [1.82, 2.24) is 4.98 Å².